The lowest BCUT2D eigenvalue weighted by atomic mass is 10.2. The molecule has 2 aromatic rings. The van der Waals surface area contributed by atoms with Crippen molar-refractivity contribution in [2.24, 2.45) is 0 Å². The fourth-order valence-electron chi connectivity index (χ4n) is 1.62. The van der Waals surface area contributed by atoms with Crippen LogP contribution in [-0.4, -0.2) is 27.6 Å². The van der Waals surface area contributed by atoms with E-state index in [9.17, 15) is 4.79 Å². The molecule has 0 aliphatic carbocycles. The number of hydrogen-bond donors (Lipinski definition) is 1. The van der Waals surface area contributed by atoms with Gasteiger partial charge in [-0.2, -0.15) is 0 Å². The molecule has 0 saturated heterocycles. The fourth-order valence-corrected chi connectivity index (χ4v) is 1.62. The van der Waals surface area contributed by atoms with Crippen LogP contribution in [0.2, 0.25) is 0 Å². The normalized spacial score (nSPS) is 10.6. The SMILES string of the molecule is COc1cccn2c(CCC(=O)O)cnc12. The third-order valence-electron chi connectivity index (χ3n) is 2.39. The third-order valence-corrected chi connectivity index (χ3v) is 2.39. The third kappa shape index (κ3) is 1.84. The highest BCUT2D eigenvalue weighted by Crippen LogP contribution is 2.19. The smallest absolute Gasteiger partial charge is 0.303 e. The predicted molar refractivity (Wildman–Crippen MR) is 57.7 cm³/mol. The molecule has 0 atom stereocenters. The van der Waals surface area contributed by atoms with Crippen molar-refractivity contribution in [2.45, 2.75) is 12.8 Å². The Morgan fingerprint density at radius 3 is 3.12 bits per heavy atom. The molecule has 0 radical (unpaired) electrons. The van der Waals surface area contributed by atoms with Crippen LogP contribution in [0, 0.1) is 0 Å². The van der Waals surface area contributed by atoms with Crippen LogP contribution in [0.1, 0.15) is 12.1 Å². The van der Waals surface area contributed by atoms with E-state index in [-0.39, 0.29) is 6.42 Å². The highest BCUT2D eigenvalue weighted by Gasteiger charge is 2.08. The molecule has 1 N–H and O–H groups in total. The summed E-state index contributed by atoms with van der Waals surface area (Å²) in [6, 6.07) is 3.67. The minimum Gasteiger partial charge on any atom is -0.493 e. The van der Waals surface area contributed by atoms with E-state index in [1.165, 1.54) is 0 Å². The first kappa shape index (κ1) is 10.5. The van der Waals surface area contributed by atoms with E-state index in [0.29, 0.717) is 17.8 Å². The zero-order chi connectivity index (χ0) is 11.5. The van der Waals surface area contributed by atoms with Gasteiger partial charge in [0.15, 0.2) is 11.4 Å². The molecule has 0 aliphatic rings. The Kier molecular flexibility index (Phi) is 2.76. The number of fused-ring (bicyclic) bond motifs is 1. The van der Waals surface area contributed by atoms with Crippen molar-refractivity contribution < 1.29 is 14.6 Å². The Morgan fingerprint density at radius 2 is 2.44 bits per heavy atom. The van der Waals surface area contributed by atoms with Crippen LogP contribution in [0.3, 0.4) is 0 Å². The number of carboxylic acids is 1. The number of nitrogens with zero attached hydrogens (tertiary/aromatic N) is 2. The summed E-state index contributed by atoms with van der Waals surface area (Å²) in [5.41, 5.74) is 1.58. The van der Waals surface area contributed by atoms with Crippen molar-refractivity contribution in [3.63, 3.8) is 0 Å². The van der Waals surface area contributed by atoms with Gasteiger partial charge in [-0.25, -0.2) is 4.98 Å². The molecular formula is C11H12N2O3. The minimum absolute atomic E-state index is 0.102. The first-order valence-corrected chi connectivity index (χ1v) is 4.93. The van der Waals surface area contributed by atoms with E-state index in [1.54, 1.807) is 13.3 Å². The molecule has 0 fully saturated rings. The molecule has 2 aromatic heterocycles. The number of hydrogen-bond acceptors (Lipinski definition) is 3. The van der Waals surface area contributed by atoms with E-state index in [1.807, 2.05) is 22.7 Å². The van der Waals surface area contributed by atoms with Crippen molar-refractivity contribution in [1.82, 2.24) is 9.38 Å². The summed E-state index contributed by atoms with van der Waals surface area (Å²) >= 11 is 0. The lowest BCUT2D eigenvalue weighted by molar-refractivity contribution is -0.136. The maximum absolute atomic E-state index is 10.5. The summed E-state index contributed by atoms with van der Waals surface area (Å²) in [6.07, 6.45) is 4.09. The summed E-state index contributed by atoms with van der Waals surface area (Å²) in [6.45, 7) is 0. The van der Waals surface area contributed by atoms with Crippen molar-refractivity contribution in [1.29, 1.82) is 0 Å². The average molecular weight is 220 g/mol. The number of methoxy groups -OCH3 is 1. The largest absolute Gasteiger partial charge is 0.493 e. The van der Waals surface area contributed by atoms with E-state index < -0.39 is 5.97 Å². The van der Waals surface area contributed by atoms with E-state index in [4.69, 9.17) is 9.84 Å². The van der Waals surface area contributed by atoms with E-state index in [0.717, 1.165) is 5.69 Å². The second kappa shape index (κ2) is 4.22. The monoisotopic (exact) mass is 220 g/mol. The molecule has 16 heavy (non-hydrogen) atoms. The molecular weight excluding hydrogens is 208 g/mol. The minimum atomic E-state index is -0.808. The first-order valence-electron chi connectivity index (χ1n) is 4.93. The van der Waals surface area contributed by atoms with Gasteiger partial charge >= 0.3 is 5.97 Å². The average Bonchev–Trinajstić information content (AvgIpc) is 2.69. The number of aromatic nitrogens is 2. The Balaban J connectivity index is 2.37. The second-order valence-electron chi connectivity index (χ2n) is 3.41. The van der Waals surface area contributed by atoms with Crippen molar-refractivity contribution in [2.75, 3.05) is 7.11 Å². The molecule has 0 amide bonds. The van der Waals surface area contributed by atoms with Crippen molar-refractivity contribution >= 4 is 11.6 Å². The molecule has 2 rings (SSSR count). The Hall–Kier alpha value is -2.04. The van der Waals surface area contributed by atoms with Crippen LogP contribution in [0.4, 0.5) is 0 Å². The molecule has 84 valence electrons. The first-order chi connectivity index (χ1) is 7.72. The zero-order valence-corrected chi connectivity index (χ0v) is 8.88. The zero-order valence-electron chi connectivity index (χ0n) is 8.88. The molecule has 0 spiro atoms. The van der Waals surface area contributed by atoms with Gasteiger partial charge in [-0.3, -0.25) is 4.79 Å². The number of rotatable bonds is 4. The lowest BCUT2D eigenvalue weighted by Gasteiger charge is -2.03. The van der Waals surface area contributed by atoms with Gasteiger partial charge < -0.3 is 14.2 Å². The van der Waals surface area contributed by atoms with Crippen molar-refractivity contribution in [3.05, 3.63) is 30.2 Å². The maximum atomic E-state index is 10.5. The molecule has 0 aromatic carbocycles. The Bertz CT molecular complexity index is 519. The number of pyridine rings is 1. The highest BCUT2D eigenvalue weighted by atomic mass is 16.5. The predicted octanol–water partition coefficient (Wildman–Crippen LogP) is 1.36. The summed E-state index contributed by atoms with van der Waals surface area (Å²) in [5.74, 6) is -0.123. The highest BCUT2D eigenvalue weighted by molar-refractivity contribution is 5.67. The van der Waals surface area contributed by atoms with Crippen LogP contribution >= 0.6 is 0 Å². The number of aryl methyl sites for hydroxylation is 1. The molecule has 2 heterocycles. The molecule has 0 unspecified atom stereocenters. The summed E-state index contributed by atoms with van der Waals surface area (Å²) in [7, 11) is 1.58. The fraction of sp³-hybridized carbons (Fsp3) is 0.273. The number of aliphatic carboxylic acids is 1. The van der Waals surface area contributed by atoms with Crippen LogP contribution in [-0.2, 0) is 11.2 Å². The Morgan fingerprint density at radius 1 is 1.62 bits per heavy atom. The number of carbonyl (C=O) groups is 1. The van der Waals surface area contributed by atoms with Crippen LogP contribution in [0.25, 0.3) is 5.65 Å². The molecule has 0 saturated carbocycles. The van der Waals surface area contributed by atoms with Gasteiger partial charge in [0.1, 0.15) is 0 Å². The van der Waals surface area contributed by atoms with Crippen LogP contribution < -0.4 is 4.74 Å². The van der Waals surface area contributed by atoms with E-state index in [2.05, 4.69) is 4.98 Å². The standard InChI is InChI=1S/C11H12N2O3/c1-16-9-3-2-6-13-8(4-5-10(14)15)7-12-11(9)13/h2-3,6-7H,4-5H2,1H3,(H,14,15). The van der Waals surface area contributed by atoms with Gasteiger partial charge in [0.2, 0.25) is 0 Å². The maximum Gasteiger partial charge on any atom is 0.303 e. The lowest BCUT2D eigenvalue weighted by Crippen LogP contribution is -2.00. The topological polar surface area (TPSA) is 63.8 Å². The van der Waals surface area contributed by atoms with Gasteiger partial charge in [-0.05, 0) is 12.1 Å². The summed E-state index contributed by atoms with van der Waals surface area (Å²) in [5, 5.41) is 8.63. The van der Waals surface area contributed by atoms with Gasteiger partial charge in [0.25, 0.3) is 0 Å². The summed E-state index contributed by atoms with van der Waals surface area (Å²) in [4.78, 5) is 14.7. The molecule has 5 nitrogen and oxygen atoms in total. The second-order valence-corrected chi connectivity index (χ2v) is 3.41. The quantitative estimate of drug-likeness (QED) is 0.845. The molecule has 0 bridgehead atoms. The van der Waals surface area contributed by atoms with Crippen molar-refractivity contribution in [3.8, 4) is 5.75 Å². The number of ether oxygens (including phenoxy) is 1. The van der Waals surface area contributed by atoms with Crippen LogP contribution in [0.15, 0.2) is 24.5 Å². The summed E-state index contributed by atoms with van der Waals surface area (Å²) < 4.78 is 7.02. The van der Waals surface area contributed by atoms with Gasteiger partial charge in [-0.15, -0.1) is 0 Å². The molecule has 5 heteroatoms. The van der Waals surface area contributed by atoms with Crippen LogP contribution in [0.5, 0.6) is 5.75 Å². The van der Waals surface area contributed by atoms with Gasteiger partial charge in [0.05, 0.1) is 13.5 Å². The Labute approximate surface area is 92.3 Å². The number of carboxylic acid groups (broad SMARTS) is 1. The van der Waals surface area contributed by atoms with E-state index >= 15 is 0 Å². The number of imidazole rings is 1. The van der Waals surface area contributed by atoms with Gasteiger partial charge in [0, 0.05) is 24.5 Å². The molecule has 0 aliphatic heterocycles. The van der Waals surface area contributed by atoms with Gasteiger partial charge in [-0.1, -0.05) is 0 Å².